The van der Waals surface area contributed by atoms with Crippen molar-refractivity contribution in [2.45, 2.75) is 13.0 Å². The molecule has 2 rings (SSSR count). The number of hydrogen-bond donors (Lipinski definition) is 1. The minimum absolute atomic E-state index is 0.206. The van der Waals surface area contributed by atoms with Crippen LogP contribution < -0.4 is 5.32 Å². The minimum Gasteiger partial charge on any atom is -0.312 e. The average Bonchev–Trinajstić information content (AvgIpc) is 2.82. The second-order valence-corrected chi connectivity index (χ2v) is 5.64. The Morgan fingerprint density at radius 3 is 2.88 bits per heavy atom. The molecule has 1 heterocycles. The smallest absolute Gasteiger partial charge is 0.137 e. The van der Waals surface area contributed by atoms with Gasteiger partial charge in [0.15, 0.2) is 0 Å². The lowest BCUT2D eigenvalue weighted by Gasteiger charge is -2.05. The van der Waals surface area contributed by atoms with E-state index in [0.717, 1.165) is 18.5 Å². The molecule has 0 atom stereocenters. The van der Waals surface area contributed by atoms with Gasteiger partial charge in [0.05, 0.1) is 4.47 Å². The van der Waals surface area contributed by atoms with Crippen molar-refractivity contribution < 1.29 is 4.39 Å². The number of halogens is 2. The van der Waals surface area contributed by atoms with E-state index in [1.807, 2.05) is 6.07 Å². The van der Waals surface area contributed by atoms with Gasteiger partial charge in [-0.05, 0) is 51.5 Å². The summed E-state index contributed by atoms with van der Waals surface area (Å²) in [7, 11) is 0. The van der Waals surface area contributed by atoms with Gasteiger partial charge in [-0.15, -0.1) is 11.3 Å². The number of thiophene rings is 1. The van der Waals surface area contributed by atoms with E-state index < -0.39 is 0 Å². The minimum atomic E-state index is -0.206. The number of benzene rings is 1. The molecule has 0 bridgehead atoms. The molecule has 0 saturated heterocycles. The van der Waals surface area contributed by atoms with Crippen LogP contribution in [-0.4, -0.2) is 6.54 Å². The summed E-state index contributed by atoms with van der Waals surface area (Å²) in [6.07, 6.45) is 1.02. The first-order chi connectivity index (χ1) is 8.25. The summed E-state index contributed by atoms with van der Waals surface area (Å²) in [6.45, 7) is 1.62. The van der Waals surface area contributed by atoms with E-state index in [2.05, 4.69) is 38.8 Å². The Balaban J connectivity index is 1.76. The fourth-order valence-corrected chi connectivity index (χ4v) is 2.50. The molecule has 0 unspecified atom stereocenters. The van der Waals surface area contributed by atoms with Crippen LogP contribution in [0.5, 0.6) is 0 Å². The molecule has 4 heteroatoms. The van der Waals surface area contributed by atoms with E-state index in [-0.39, 0.29) is 5.82 Å². The van der Waals surface area contributed by atoms with Gasteiger partial charge >= 0.3 is 0 Å². The van der Waals surface area contributed by atoms with Gasteiger partial charge in [0.1, 0.15) is 5.82 Å². The van der Waals surface area contributed by atoms with E-state index in [9.17, 15) is 4.39 Å². The van der Waals surface area contributed by atoms with E-state index in [0.29, 0.717) is 11.0 Å². The summed E-state index contributed by atoms with van der Waals surface area (Å²) in [5.41, 5.74) is 0.969. The highest BCUT2D eigenvalue weighted by molar-refractivity contribution is 9.10. The molecule has 2 aromatic rings. The van der Waals surface area contributed by atoms with E-state index in [1.54, 1.807) is 23.5 Å². The van der Waals surface area contributed by atoms with Gasteiger partial charge in [-0.3, -0.25) is 0 Å². The third-order valence-electron chi connectivity index (χ3n) is 2.44. The van der Waals surface area contributed by atoms with Crippen LogP contribution in [0.25, 0.3) is 0 Å². The van der Waals surface area contributed by atoms with Crippen molar-refractivity contribution in [2.24, 2.45) is 0 Å². The highest BCUT2D eigenvalue weighted by Crippen LogP contribution is 2.16. The lowest BCUT2D eigenvalue weighted by atomic mass is 10.2. The summed E-state index contributed by atoms with van der Waals surface area (Å²) in [5, 5.41) is 5.39. The van der Waals surface area contributed by atoms with Crippen LogP contribution in [0.1, 0.15) is 10.4 Å². The van der Waals surface area contributed by atoms with E-state index in [1.165, 1.54) is 4.88 Å². The topological polar surface area (TPSA) is 12.0 Å². The normalized spacial score (nSPS) is 10.7. The number of nitrogens with one attached hydrogen (secondary N) is 1. The second kappa shape index (κ2) is 6.28. The molecule has 0 aliphatic carbocycles. The Kier molecular flexibility index (Phi) is 4.71. The second-order valence-electron chi connectivity index (χ2n) is 3.75. The molecule has 17 heavy (non-hydrogen) atoms. The molecule has 0 aliphatic rings. The monoisotopic (exact) mass is 313 g/mol. The maximum absolute atomic E-state index is 13.2. The zero-order valence-corrected chi connectivity index (χ0v) is 11.7. The van der Waals surface area contributed by atoms with Crippen molar-refractivity contribution in [3.8, 4) is 0 Å². The van der Waals surface area contributed by atoms with Gasteiger partial charge < -0.3 is 5.32 Å². The molecule has 0 radical (unpaired) electrons. The van der Waals surface area contributed by atoms with Gasteiger partial charge in [0.25, 0.3) is 0 Å². The Hall–Kier alpha value is -0.710. The van der Waals surface area contributed by atoms with Crippen molar-refractivity contribution in [3.63, 3.8) is 0 Å². The predicted molar refractivity (Wildman–Crippen MR) is 73.8 cm³/mol. The molecule has 0 amide bonds. The fourth-order valence-electron chi connectivity index (χ4n) is 1.55. The summed E-state index contributed by atoms with van der Waals surface area (Å²) in [4.78, 5) is 1.37. The lowest BCUT2D eigenvalue weighted by Crippen LogP contribution is -2.16. The zero-order valence-electron chi connectivity index (χ0n) is 9.25. The Bertz CT molecular complexity index is 470. The fraction of sp³-hybridized carbons (Fsp3) is 0.231. The Labute approximate surface area is 113 Å². The SMILES string of the molecule is Fc1cc(CNCCc2cccs2)ccc1Br. The number of rotatable bonds is 5. The first-order valence-electron chi connectivity index (χ1n) is 5.43. The molecule has 0 spiro atoms. The van der Waals surface area contributed by atoms with Crippen molar-refractivity contribution in [1.29, 1.82) is 0 Å². The summed E-state index contributed by atoms with van der Waals surface area (Å²) in [6, 6.07) is 9.41. The number of hydrogen-bond acceptors (Lipinski definition) is 2. The largest absolute Gasteiger partial charge is 0.312 e. The van der Waals surface area contributed by atoms with Crippen molar-refractivity contribution in [1.82, 2.24) is 5.32 Å². The first-order valence-corrected chi connectivity index (χ1v) is 7.10. The average molecular weight is 314 g/mol. The molecule has 1 nitrogen and oxygen atoms in total. The molecule has 0 aliphatic heterocycles. The van der Waals surface area contributed by atoms with Crippen LogP contribution in [0.2, 0.25) is 0 Å². The van der Waals surface area contributed by atoms with Crippen LogP contribution >= 0.6 is 27.3 Å². The van der Waals surface area contributed by atoms with Gasteiger partial charge in [0, 0.05) is 18.0 Å². The van der Waals surface area contributed by atoms with Crippen LogP contribution in [0.4, 0.5) is 4.39 Å². The van der Waals surface area contributed by atoms with Crippen LogP contribution in [0.3, 0.4) is 0 Å². The van der Waals surface area contributed by atoms with E-state index in [4.69, 9.17) is 0 Å². The quantitative estimate of drug-likeness (QED) is 0.823. The molecule has 1 aromatic carbocycles. The Morgan fingerprint density at radius 1 is 1.29 bits per heavy atom. The van der Waals surface area contributed by atoms with Gasteiger partial charge in [0.2, 0.25) is 0 Å². The highest BCUT2D eigenvalue weighted by atomic mass is 79.9. The predicted octanol–water partition coefficient (Wildman–Crippen LogP) is 3.98. The standard InChI is InChI=1S/C13H13BrFNS/c14-12-4-3-10(8-13(12)15)9-16-6-5-11-2-1-7-17-11/h1-4,7-8,16H,5-6,9H2. The molecule has 0 saturated carbocycles. The Morgan fingerprint density at radius 2 is 2.18 bits per heavy atom. The van der Waals surface area contributed by atoms with Crippen LogP contribution in [0, 0.1) is 5.82 Å². The first kappa shape index (κ1) is 12.7. The van der Waals surface area contributed by atoms with Crippen molar-refractivity contribution >= 4 is 27.3 Å². The van der Waals surface area contributed by atoms with Gasteiger partial charge in [-0.2, -0.15) is 0 Å². The summed E-state index contributed by atoms with van der Waals surface area (Å²) in [5.74, 6) is -0.206. The molecule has 1 N–H and O–H groups in total. The molecular weight excluding hydrogens is 301 g/mol. The van der Waals surface area contributed by atoms with Gasteiger partial charge in [-0.1, -0.05) is 12.1 Å². The summed E-state index contributed by atoms with van der Waals surface area (Å²) < 4.78 is 13.8. The van der Waals surface area contributed by atoms with E-state index >= 15 is 0 Å². The molecule has 1 aromatic heterocycles. The maximum Gasteiger partial charge on any atom is 0.137 e. The maximum atomic E-state index is 13.2. The van der Waals surface area contributed by atoms with Gasteiger partial charge in [-0.25, -0.2) is 4.39 Å². The van der Waals surface area contributed by atoms with Crippen LogP contribution in [-0.2, 0) is 13.0 Å². The third-order valence-corrected chi connectivity index (χ3v) is 4.02. The molecule has 0 fully saturated rings. The van der Waals surface area contributed by atoms with Crippen LogP contribution in [0.15, 0.2) is 40.2 Å². The van der Waals surface area contributed by atoms with Crippen molar-refractivity contribution in [3.05, 3.63) is 56.4 Å². The molecule has 90 valence electrons. The lowest BCUT2D eigenvalue weighted by molar-refractivity contribution is 0.614. The third kappa shape index (κ3) is 3.91. The zero-order chi connectivity index (χ0) is 12.1. The van der Waals surface area contributed by atoms with Crippen molar-refractivity contribution in [2.75, 3.05) is 6.54 Å². The summed E-state index contributed by atoms with van der Waals surface area (Å²) >= 11 is 4.91. The highest BCUT2D eigenvalue weighted by Gasteiger charge is 2.00. The molecular formula is C13H13BrFNS.